The average molecular weight is 347 g/mol. The Bertz CT molecular complexity index is 864. The number of fused-ring (bicyclic) bond motifs is 1. The van der Waals surface area contributed by atoms with Gasteiger partial charge < -0.3 is 9.15 Å². The van der Waals surface area contributed by atoms with E-state index in [1.54, 1.807) is 0 Å². The number of aromatic nitrogens is 1. The highest BCUT2D eigenvalue weighted by atomic mass is 35.5. The molecule has 2 aromatic rings. The van der Waals surface area contributed by atoms with Crippen molar-refractivity contribution in [1.82, 2.24) is 9.29 Å². The number of benzene rings is 1. The number of oxazole rings is 1. The number of nitrogens with one attached hydrogen (secondary N) is 1. The molecule has 1 aliphatic rings. The smallest absolute Gasteiger partial charge is 0.408 e. The van der Waals surface area contributed by atoms with Gasteiger partial charge in [-0.15, -0.1) is 0 Å². The Balaban J connectivity index is 1.93. The van der Waals surface area contributed by atoms with Gasteiger partial charge in [0.2, 0.25) is 10.0 Å². The van der Waals surface area contributed by atoms with E-state index in [2.05, 4.69) is 4.72 Å². The molecular formula is C13H15ClN2O5S. The lowest BCUT2D eigenvalue weighted by Crippen LogP contribution is -2.32. The van der Waals surface area contributed by atoms with E-state index in [1.165, 1.54) is 23.7 Å². The molecule has 1 aliphatic heterocycles. The number of hydrogen-bond acceptors (Lipinski definition) is 5. The molecular weight excluding hydrogens is 332 g/mol. The first kappa shape index (κ1) is 15.5. The maximum absolute atomic E-state index is 12.4. The fraction of sp³-hybridized carbons (Fsp3) is 0.462. The van der Waals surface area contributed by atoms with Crippen LogP contribution in [0.5, 0.6) is 0 Å². The monoisotopic (exact) mass is 346 g/mol. The summed E-state index contributed by atoms with van der Waals surface area (Å²) >= 11 is 6.06. The summed E-state index contributed by atoms with van der Waals surface area (Å²) in [6.45, 7) is 0.837. The van der Waals surface area contributed by atoms with Gasteiger partial charge in [-0.2, -0.15) is 0 Å². The van der Waals surface area contributed by atoms with Gasteiger partial charge in [0.15, 0.2) is 5.58 Å². The van der Waals surface area contributed by atoms with E-state index >= 15 is 0 Å². The van der Waals surface area contributed by atoms with E-state index in [9.17, 15) is 13.2 Å². The van der Waals surface area contributed by atoms with Crippen molar-refractivity contribution in [2.45, 2.75) is 23.8 Å². The normalized spacial score (nSPS) is 19.1. The highest BCUT2D eigenvalue weighted by Gasteiger charge is 2.23. The molecule has 1 unspecified atom stereocenters. The first-order chi connectivity index (χ1) is 10.4. The minimum Gasteiger partial charge on any atom is -0.408 e. The maximum Gasteiger partial charge on any atom is 0.419 e. The minimum absolute atomic E-state index is 0.0312. The van der Waals surface area contributed by atoms with Crippen LogP contribution in [0.25, 0.3) is 11.1 Å². The van der Waals surface area contributed by atoms with Crippen LogP contribution in [0.3, 0.4) is 0 Å². The Labute approximate surface area is 131 Å². The number of rotatable bonds is 4. The SMILES string of the molecule is Cn1c(=O)oc2cc(S(=O)(=O)NCC3CCCO3)c(Cl)cc21. The predicted octanol–water partition coefficient (Wildman–Crippen LogP) is 1.24. The topological polar surface area (TPSA) is 90.5 Å². The van der Waals surface area contributed by atoms with Gasteiger partial charge in [0.1, 0.15) is 4.90 Å². The zero-order valence-corrected chi connectivity index (χ0v) is 13.4. The lowest BCUT2D eigenvalue weighted by molar-refractivity contribution is 0.114. The number of aryl methyl sites for hydroxylation is 1. The van der Waals surface area contributed by atoms with E-state index < -0.39 is 15.8 Å². The first-order valence-corrected chi connectivity index (χ1v) is 8.65. The standard InChI is InChI=1S/C13H15ClN2O5S/c1-16-10-5-9(14)12(6-11(10)21-13(16)17)22(18,19)15-7-8-3-2-4-20-8/h5-6,8,15H,2-4,7H2,1H3. The molecule has 9 heteroatoms. The highest BCUT2D eigenvalue weighted by molar-refractivity contribution is 7.89. The zero-order valence-electron chi connectivity index (χ0n) is 11.8. The molecule has 22 heavy (non-hydrogen) atoms. The van der Waals surface area contributed by atoms with Crippen molar-refractivity contribution in [3.8, 4) is 0 Å². The second kappa shape index (κ2) is 5.69. The molecule has 1 atom stereocenters. The number of ether oxygens (including phenoxy) is 1. The molecule has 1 saturated heterocycles. The summed E-state index contributed by atoms with van der Waals surface area (Å²) in [5.74, 6) is -0.576. The van der Waals surface area contributed by atoms with E-state index in [-0.39, 0.29) is 28.1 Å². The third-order valence-electron chi connectivity index (χ3n) is 3.66. The Morgan fingerprint density at radius 1 is 1.45 bits per heavy atom. The van der Waals surface area contributed by atoms with Gasteiger partial charge in [-0.05, 0) is 18.9 Å². The Kier molecular flexibility index (Phi) is 4.02. The van der Waals surface area contributed by atoms with Gasteiger partial charge in [-0.25, -0.2) is 17.9 Å². The van der Waals surface area contributed by atoms with E-state index in [0.717, 1.165) is 12.8 Å². The quantitative estimate of drug-likeness (QED) is 0.899. The van der Waals surface area contributed by atoms with Gasteiger partial charge in [0, 0.05) is 26.3 Å². The largest absolute Gasteiger partial charge is 0.419 e. The van der Waals surface area contributed by atoms with Gasteiger partial charge in [-0.3, -0.25) is 4.57 Å². The lowest BCUT2D eigenvalue weighted by Gasteiger charge is -2.12. The van der Waals surface area contributed by atoms with Crippen LogP contribution in [0.1, 0.15) is 12.8 Å². The van der Waals surface area contributed by atoms with E-state index in [4.69, 9.17) is 20.8 Å². The summed E-state index contributed by atoms with van der Waals surface area (Å²) in [5.41, 5.74) is 0.613. The molecule has 3 rings (SSSR count). The molecule has 2 heterocycles. The number of sulfonamides is 1. The Hall–Kier alpha value is -1.35. The van der Waals surface area contributed by atoms with Crippen molar-refractivity contribution >= 4 is 32.7 Å². The van der Waals surface area contributed by atoms with Crippen LogP contribution in [-0.2, 0) is 21.8 Å². The van der Waals surface area contributed by atoms with Crippen molar-refractivity contribution in [3.63, 3.8) is 0 Å². The summed E-state index contributed by atoms with van der Waals surface area (Å²) in [6.07, 6.45) is 1.63. The summed E-state index contributed by atoms with van der Waals surface area (Å²) in [4.78, 5) is 11.4. The molecule has 0 radical (unpaired) electrons. The van der Waals surface area contributed by atoms with E-state index in [0.29, 0.717) is 12.1 Å². The molecule has 1 aromatic carbocycles. The van der Waals surface area contributed by atoms with Crippen molar-refractivity contribution in [2.75, 3.05) is 13.2 Å². The molecule has 0 aliphatic carbocycles. The average Bonchev–Trinajstić information content (AvgIpc) is 3.07. The van der Waals surface area contributed by atoms with Crippen LogP contribution in [-0.4, -0.2) is 32.2 Å². The number of nitrogens with zero attached hydrogens (tertiary/aromatic N) is 1. The molecule has 0 bridgehead atoms. The first-order valence-electron chi connectivity index (χ1n) is 6.79. The van der Waals surface area contributed by atoms with Crippen LogP contribution in [0.15, 0.2) is 26.2 Å². The summed E-state index contributed by atoms with van der Waals surface area (Å²) < 4.78 is 38.9. The molecule has 0 saturated carbocycles. The van der Waals surface area contributed by atoms with Crippen molar-refractivity contribution in [3.05, 3.63) is 27.7 Å². The van der Waals surface area contributed by atoms with Crippen molar-refractivity contribution in [1.29, 1.82) is 0 Å². The Morgan fingerprint density at radius 3 is 2.91 bits per heavy atom. The fourth-order valence-corrected chi connectivity index (χ4v) is 4.02. The van der Waals surface area contributed by atoms with Crippen LogP contribution >= 0.6 is 11.6 Å². The van der Waals surface area contributed by atoms with Crippen LogP contribution < -0.4 is 10.5 Å². The summed E-state index contributed by atoms with van der Waals surface area (Å²) in [6, 6.07) is 2.67. The highest BCUT2D eigenvalue weighted by Crippen LogP contribution is 2.27. The van der Waals surface area contributed by atoms with Gasteiger partial charge >= 0.3 is 5.76 Å². The number of hydrogen-bond donors (Lipinski definition) is 1. The minimum atomic E-state index is -3.81. The van der Waals surface area contributed by atoms with Gasteiger partial charge in [0.05, 0.1) is 16.6 Å². The lowest BCUT2D eigenvalue weighted by atomic mass is 10.2. The maximum atomic E-state index is 12.4. The third kappa shape index (κ3) is 2.79. The molecule has 120 valence electrons. The van der Waals surface area contributed by atoms with Crippen LogP contribution in [0.4, 0.5) is 0 Å². The number of halogens is 1. The van der Waals surface area contributed by atoms with Gasteiger partial charge in [0.25, 0.3) is 0 Å². The molecule has 7 nitrogen and oxygen atoms in total. The van der Waals surface area contributed by atoms with Gasteiger partial charge in [-0.1, -0.05) is 11.6 Å². The molecule has 0 spiro atoms. The Morgan fingerprint density at radius 2 is 2.23 bits per heavy atom. The van der Waals surface area contributed by atoms with Crippen molar-refractivity contribution < 1.29 is 17.6 Å². The molecule has 1 N–H and O–H groups in total. The van der Waals surface area contributed by atoms with Crippen LogP contribution in [0, 0.1) is 0 Å². The van der Waals surface area contributed by atoms with Crippen LogP contribution in [0.2, 0.25) is 5.02 Å². The molecule has 0 amide bonds. The zero-order chi connectivity index (χ0) is 15.9. The van der Waals surface area contributed by atoms with E-state index in [1.807, 2.05) is 0 Å². The van der Waals surface area contributed by atoms with Crippen molar-refractivity contribution in [2.24, 2.45) is 7.05 Å². The predicted molar refractivity (Wildman–Crippen MR) is 80.6 cm³/mol. The summed E-state index contributed by atoms with van der Waals surface area (Å²) in [5, 5.41) is 0.0312. The second-order valence-corrected chi connectivity index (χ2v) is 7.31. The second-order valence-electron chi connectivity index (χ2n) is 5.16. The summed E-state index contributed by atoms with van der Waals surface area (Å²) in [7, 11) is -2.28. The molecule has 1 aromatic heterocycles. The molecule has 1 fully saturated rings. The third-order valence-corrected chi connectivity index (χ3v) is 5.55. The fourth-order valence-electron chi connectivity index (χ4n) is 2.42.